The fourth-order valence-corrected chi connectivity index (χ4v) is 3.60. The molecule has 0 aromatic rings. The lowest BCUT2D eigenvalue weighted by molar-refractivity contribution is 0.266. The summed E-state index contributed by atoms with van der Waals surface area (Å²) in [6.07, 6.45) is 15.8. The predicted molar refractivity (Wildman–Crippen MR) is 82.0 cm³/mol. The van der Waals surface area contributed by atoms with E-state index in [0.29, 0.717) is 0 Å². The van der Waals surface area contributed by atoms with E-state index < -0.39 is 0 Å². The van der Waals surface area contributed by atoms with Crippen molar-refractivity contribution in [2.75, 3.05) is 7.05 Å². The van der Waals surface area contributed by atoms with Crippen LogP contribution >= 0.6 is 0 Å². The van der Waals surface area contributed by atoms with E-state index in [1.165, 1.54) is 70.6 Å². The Bertz CT molecular complexity index is 182. The van der Waals surface area contributed by atoms with Gasteiger partial charge in [-0.15, -0.1) is 0 Å². The summed E-state index contributed by atoms with van der Waals surface area (Å²) in [6, 6.07) is 0.782. The van der Waals surface area contributed by atoms with Gasteiger partial charge in [-0.25, -0.2) is 0 Å². The van der Waals surface area contributed by atoms with Crippen molar-refractivity contribution in [2.24, 2.45) is 11.8 Å². The van der Waals surface area contributed by atoms with Crippen molar-refractivity contribution in [3.8, 4) is 0 Å². The lowest BCUT2D eigenvalue weighted by Crippen LogP contribution is -2.35. The first-order valence-electron chi connectivity index (χ1n) is 8.49. The molecule has 0 aliphatic heterocycles. The van der Waals surface area contributed by atoms with Crippen molar-refractivity contribution >= 4 is 0 Å². The first kappa shape index (κ1) is 16.0. The highest BCUT2D eigenvalue weighted by Crippen LogP contribution is 2.30. The molecule has 0 aromatic carbocycles. The van der Waals surface area contributed by atoms with Gasteiger partial charge in [0.05, 0.1) is 0 Å². The molecule has 1 heteroatoms. The molecule has 108 valence electrons. The molecule has 1 aliphatic carbocycles. The van der Waals surface area contributed by atoms with Gasteiger partial charge in [-0.05, 0) is 38.1 Å². The second-order valence-electron chi connectivity index (χ2n) is 6.30. The van der Waals surface area contributed by atoms with Crippen molar-refractivity contribution in [2.45, 2.75) is 90.5 Å². The average Bonchev–Trinajstić information content (AvgIpc) is 2.68. The molecule has 1 aliphatic rings. The molecule has 0 heterocycles. The van der Waals surface area contributed by atoms with E-state index in [1.807, 2.05) is 0 Å². The molecule has 1 saturated carbocycles. The largest absolute Gasteiger partial charge is 0.317 e. The summed E-state index contributed by atoms with van der Waals surface area (Å²) in [5.74, 6) is 1.90. The maximum Gasteiger partial charge on any atom is 0.00949 e. The van der Waals surface area contributed by atoms with Crippen molar-refractivity contribution in [3.05, 3.63) is 0 Å². The summed E-state index contributed by atoms with van der Waals surface area (Å²) in [5.41, 5.74) is 0. The number of rotatable bonds is 8. The van der Waals surface area contributed by atoms with Gasteiger partial charge in [0.15, 0.2) is 0 Å². The first-order chi connectivity index (χ1) is 8.81. The van der Waals surface area contributed by atoms with Gasteiger partial charge in [0, 0.05) is 6.04 Å². The third-order valence-electron chi connectivity index (χ3n) is 4.97. The Morgan fingerprint density at radius 3 is 2.22 bits per heavy atom. The van der Waals surface area contributed by atoms with Crippen LogP contribution in [-0.4, -0.2) is 13.1 Å². The van der Waals surface area contributed by atoms with E-state index >= 15 is 0 Å². The summed E-state index contributed by atoms with van der Waals surface area (Å²) in [7, 11) is 2.18. The lowest BCUT2D eigenvalue weighted by Gasteiger charge is -2.29. The SMILES string of the molecule is CCCCC(CC)CC(NC)C1CCCCCC1. The highest BCUT2D eigenvalue weighted by atomic mass is 14.9. The highest BCUT2D eigenvalue weighted by molar-refractivity contribution is 4.79. The van der Waals surface area contributed by atoms with Crippen LogP contribution in [-0.2, 0) is 0 Å². The highest BCUT2D eigenvalue weighted by Gasteiger charge is 2.23. The smallest absolute Gasteiger partial charge is 0.00949 e. The van der Waals surface area contributed by atoms with Crippen LogP contribution in [0.3, 0.4) is 0 Å². The average molecular weight is 253 g/mol. The summed E-state index contributed by atoms with van der Waals surface area (Å²) < 4.78 is 0. The van der Waals surface area contributed by atoms with Crippen LogP contribution in [0.25, 0.3) is 0 Å². The van der Waals surface area contributed by atoms with Gasteiger partial charge >= 0.3 is 0 Å². The molecule has 1 N–H and O–H groups in total. The Kier molecular flexibility index (Phi) is 8.75. The maximum atomic E-state index is 3.64. The monoisotopic (exact) mass is 253 g/mol. The summed E-state index contributed by atoms with van der Waals surface area (Å²) in [4.78, 5) is 0. The fraction of sp³-hybridized carbons (Fsp3) is 1.00. The molecular formula is C17H35N. The number of hydrogen-bond acceptors (Lipinski definition) is 1. The zero-order valence-corrected chi connectivity index (χ0v) is 13.0. The van der Waals surface area contributed by atoms with Gasteiger partial charge in [0.1, 0.15) is 0 Å². The van der Waals surface area contributed by atoms with Crippen LogP contribution < -0.4 is 5.32 Å². The van der Waals surface area contributed by atoms with E-state index in [2.05, 4.69) is 26.2 Å². The molecular weight excluding hydrogens is 218 g/mol. The van der Waals surface area contributed by atoms with E-state index in [0.717, 1.165) is 17.9 Å². The van der Waals surface area contributed by atoms with E-state index in [-0.39, 0.29) is 0 Å². The molecule has 2 atom stereocenters. The van der Waals surface area contributed by atoms with E-state index in [1.54, 1.807) is 0 Å². The molecule has 18 heavy (non-hydrogen) atoms. The van der Waals surface area contributed by atoms with Gasteiger partial charge < -0.3 is 5.32 Å². The van der Waals surface area contributed by atoms with Crippen LogP contribution in [0.2, 0.25) is 0 Å². The van der Waals surface area contributed by atoms with Crippen LogP contribution in [0.1, 0.15) is 84.5 Å². The molecule has 0 spiro atoms. The minimum absolute atomic E-state index is 0.782. The summed E-state index contributed by atoms with van der Waals surface area (Å²) in [5, 5.41) is 3.64. The maximum absolute atomic E-state index is 3.64. The molecule has 0 amide bonds. The molecule has 0 bridgehead atoms. The number of nitrogens with one attached hydrogen (secondary N) is 1. The zero-order valence-electron chi connectivity index (χ0n) is 13.0. The quantitative estimate of drug-likeness (QED) is 0.590. The summed E-state index contributed by atoms with van der Waals surface area (Å²) in [6.45, 7) is 4.69. The van der Waals surface area contributed by atoms with Crippen LogP contribution in [0.4, 0.5) is 0 Å². The molecule has 1 rings (SSSR count). The first-order valence-corrected chi connectivity index (χ1v) is 8.49. The van der Waals surface area contributed by atoms with Gasteiger partial charge in [-0.1, -0.05) is 65.2 Å². The standard InChI is InChI=1S/C17H35N/c1-4-6-11-15(5-2)14-17(18-3)16-12-9-7-8-10-13-16/h15-18H,4-14H2,1-3H3. The van der Waals surface area contributed by atoms with Gasteiger partial charge in [0.2, 0.25) is 0 Å². The zero-order chi connectivity index (χ0) is 13.2. The molecule has 2 unspecified atom stereocenters. The molecule has 0 radical (unpaired) electrons. The minimum atomic E-state index is 0.782. The molecule has 0 saturated heterocycles. The Morgan fingerprint density at radius 1 is 1.06 bits per heavy atom. The second-order valence-corrected chi connectivity index (χ2v) is 6.30. The lowest BCUT2D eigenvalue weighted by atomic mass is 9.83. The summed E-state index contributed by atoms with van der Waals surface area (Å²) >= 11 is 0. The molecule has 0 aromatic heterocycles. The van der Waals surface area contributed by atoms with Crippen molar-refractivity contribution in [1.29, 1.82) is 0 Å². The normalized spacial score (nSPS) is 21.5. The second kappa shape index (κ2) is 9.83. The van der Waals surface area contributed by atoms with Crippen molar-refractivity contribution in [1.82, 2.24) is 5.32 Å². The predicted octanol–water partition coefficient (Wildman–Crippen LogP) is 5.15. The van der Waals surface area contributed by atoms with Crippen LogP contribution in [0, 0.1) is 11.8 Å². The van der Waals surface area contributed by atoms with Gasteiger partial charge in [-0.3, -0.25) is 0 Å². The molecule has 1 nitrogen and oxygen atoms in total. The minimum Gasteiger partial charge on any atom is -0.317 e. The van der Waals surface area contributed by atoms with Gasteiger partial charge in [0.25, 0.3) is 0 Å². The van der Waals surface area contributed by atoms with E-state index in [9.17, 15) is 0 Å². The third-order valence-corrected chi connectivity index (χ3v) is 4.97. The topological polar surface area (TPSA) is 12.0 Å². The van der Waals surface area contributed by atoms with Crippen LogP contribution in [0.15, 0.2) is 0 Å². The van der Waals surface area contributed by atoms with Crippen LogP contribution in [0.5, 0.6) is 0 Å². The van der Waals surface area contributed by atoms with Gasteiger partial charge in [-0.2, -0.15) is 0 Å². The Labute approximate surface area is 115 Å². The Morgan fingerprint density at radius 2 is 1.72 bits per heavy atom. The van der Waals surface area contributed by atoms with E-state index in [4.69, 9.17) is 0 Å². The number of unbranched alkanes of at least 4 members (excludes halogenated alkanes) is 1. The van der Waals surface area contributed by atoms with Crippen molar-refractivity contribution in [3.63, 3.8) is 0 Å². The Hall–Kier alpha value is -0.0400. The third kappa shape index (κ3) is 5.73. The Balaban J connectivity index is 2.42. The fourth-order valence-electron chi connectivity index (χ4n) is 3.60. The molecule has 1 fully saturated rings. The number of hydrogen-bond donors (Lipinski definition) is 1. The van der Waals surface area contributed by atoms with Crippen molar-refractivity contribution < 1.29 is 0 Å².